The lowest BCUT2D eigenvalue weighted by Gasteiger charge is -2.10. The van der Waals surface area contributed by atoms with Gasteiger partial charge in [0, 0.05) is 5.57 Å². The third-order valence-corrected chi connectivity index (χ3v) is 3.23. The van der Waals surface area contributed by atoms with E-state index < -0.39 is 11.9 Å². The number of esters is 2. The zero-order valence-corrected chi connectivity index (χ0v) is 12.9. The summed E-state index contributed by atoms with van der Waals surface area (Å²) in [6.45, 7) is 0.298. The van der Waals surface area contributed by atoms with E-state index in [4.69, 9.17) is 9.47 Å². The highest BCUT2D eigenvalue weighted by Gasteiger charge is 2.27. The van der Waals surface area contributed by atoms with Crippen LogP contribution in [0.2, 0.25) is 0 Å². The quantitative estimate of drug-likeness (QED) is 0.272. The molecule has 0 bridgehead atoms. The van der Waals surface area contributed by atoms with E-state index in [0.717, 1.165) is 5.56 Å². The summed E-state index contributed by atoms with van der Waals surface area (Å²) in [5, 5.41) is 0. The molecule has 0 aliphatic rings. The molecule has 118 valence electrons. The number of hydrogen-bond donors (Lipinski definition) is 0. The van der Waals surface area contributed by atoms with E-state index >= 15 is 0 Å². The van der Waals surface area contributed by atoms with E-state index in [-0.39, 0.29) is 5.57 Å². The van der Waals surface area contributed by atoms with E-state index in [9.17, 15) is 9.59 Å². The Labute approximate surface area is 134 Å². The molecule has 1 aromatic heterocycles. The van der Waals surface area contributed by atoms with Gasteiger partial charge in [0.05, 0.1) is 26.6 Å². The predicted octanol–water partition coefficient (Wildman–Crippen LogP) is 1.17. The van der Waals surface area contributed by atoms with Gasteiger partial charge in [-0.1, -0.05) is 30.3 Å². The third kappa shape index (κ3) is 4.00. The number of ether oxygens (including phenoxy) is 2. The second kappa shape index (κ2) is 7.84. The molecule has 0 amide bonds. The molecule has 6 nitrogen and oxygen atoms in total. The molecule has 6 heteroatoms. The number of aromatic nitrogens is 2. The molecular weight excluding hydrogens is 296 g/mol. The Balaban J connectivity index is 2.60. The maximum Gasteiger partial charge on any atom is 0.345 e. The summed E-state index contributed by atoms with van der Waals surface area (Å²) >= 11 is 0. The van der Waals surface area contributed by atoms with Crippen molar-refractivity contribution in [3.8, 4) is 0 Å². The summed E-state index contributed by atoms with van der Waals surface area (Å²) in [6.07, 6.45) is 6.74. The molecule has 0 saturated carbocycles. The van der Waals surface area contributed by atoms with Crippen LogP contribution in [0.15, 0.2) is 60.7 Å². The van der Waals surface area contributed by atoms with Gasteiger partial charge in [-0.05, 0) is 5.56 Å². The highest BCUT2D eigenvalue weighted by atomic mass is 16.5. The van der Waals surface area contributed by atoms with Crippen molar-refractivity contribution in [2.45, 2.75) is 6.54 Å². The molecule has 2 rings (SSSR count). The number of methoxy groups -OCH3 is 2. The number of carbonyl (C=O) groups is 2. The Bertz CT molecular complexity index is 694. The Morgan fingerprint density at radius 3 is 2.09 bits per heavy atom. The molecule has 0 aliphatic carbocycles. The van der Waals surface area contributed by atoms with E-state index in [1.54, 1.807) is 29.4 Å². The van der Waals surface area contributed by atoms with Crippen LogP contribution in [0.5, 0.6) is 0 Å². The first-order valence-electron chi connectivity index (χ1n) is 6.91. The van der Waals surface area contributed by atoms with Gasteiger partial charge in [0.15, 0.2) is 24.5 Å². The summed E-state index contributed by atoms with van der Waals surface area (Å²) in [5.41, 5.74) is 1.13. The molecule has 0 saturated heterocycles. The van der Waals surface area contributed by atoms with Crippen LogP contribution in [0.1, 0.15) is 5.56 Å². The predicted molar refractivity (Wildman–Crippen MR) is 81.8 cm³/mol. The number of hydrogen-bond acceptors (Lipinski definition) is 5. The van der Waals surface area contributed by atoms with Crippen LogP contribution in [-0.2, 0) is 25.6 Å². The Kier molecular flexibility index (Phi) is 5.57. The first-order valence-corrected chi connectivity index (χ1v) is 6.91. The van der Waals surface area contributed by atoms with Gasteiger partial charge >= 0.3 is 11.9 Å². The zero-order valence-electron chi connectivity index (χ0n) is 12.9. The largest absolute Gasteiger partial charge is 0.465 e. The minimum atomic E-state index is -0.731. The van der Waals surface area contributed by atoms with Crippen LogP contribution in [0.4, 0.5) is 0 Å². The molecule has 0 fully saturated rings. The molecule has 0 N–H and O–H groups in total. The van der Waals surface area contributed by atoms with E-state index in [2.05, 4.69) is 4.98 Å². The fourth-order valence-corrected chi connectivity index (χ4v) is 2.12. The first-order chi connectivity index (χ1) is 11.2. The summed E-state index contributed by atoms with van der Waals surface area (Å²) in [6, 6.07) is 9.17. The topological polar surface area (TPSA) is 69.4 Å². The van der Waals surface area contributed by atoms with Crippen molar-refractivity contribution in [1.82, 2.24) is 4.98 Å². The van der Waals surface area contributed by atoms with Crippen LogP contribution in [0.25, 0.3) is 5.57 Å². The summed E-state index contributed by atoms with van der Waals surface area (Å²) in [7, 11) is 2.46. The van der Waals surface area contributed by atoms with Gasteiger partial charge in [-0.25, -0.2) is 9.59 Å². The van der Waals surface area contributed by atoms with Gasteiger partial charge in [0.25, 0.3) is 0 Å². The molecule has 23 heavy (non-hydrogen) atoms. The third-order valence-electron chi connectivity index (χ3n) is 3.23. The van der Waals surface area contributed by atoms with Crippen molar-refractivity contribution in [2.24, 2.45) is 0 Å². The molecular formula is C17H17N2O4+. The van der Waals surface area contributed by atoms with Crippen molar-refractivity contribution < 1.29 is 23.6 Å². The zero-order chi connectivity index (χ0) is 16.7. The second-order valence-electron chi connectivity index (χ2n) is 4.62. The highest BCUT2D eigenvalue weighted by molar-refractivity contribution is 6.19. The van der Waals surface area contributed by atoms with Crippen LogP contribution in [0, 0.1) is 0 Å². The summed E-state index contributed by atoms with van der Waals surface area (Å²) < 4.78 is 11.3. The van der Waals surface area contributed by atoms with Crippen molar-refractivity contribution >= 4 is 17.5 Å². The van der Waals surface area contributed by atoms with Gasteiger partial charge in [0.2, 0.25) is 0 Å². The standard InChI is InChI=1S/C17H17N2O4/c1-22-16(20)15(17(21)23-2)14(13-6-4-3-5-7-13)12-19-10-8-18-9-11-19/h3-11H,12H2,1-2H3/q+1. The number of carbonyl (C=O) groups excluding carboxylic acids is 2. The molecule has 0 aliphatic heterocycles. The molecule has 0 radical (unpaired) electrons. The second-order valence-corrected chi connectivity index (χ2v) is 4.62. The SMILES string of the molecule is COC(=O)C(C(=O)OC)=C(C[n+]1ccncc1)c1ccccc1. The average molecular weight is 313 g/mol. The molecule has 0 unspecified atom stereocenters. The van der Waals surface area contributed by atoms with Gasteiger partial charge in [-0.3, -0.25) is 4.98 Å². The molecule has 1 aromatic carbocycles. The van der Waals surface area contributed by atoms with Crippen LogP contribution in [0.3, 0.4) is 0 Å². The minimum Gasteiger partial charge on any atom is -0.465 e. The van der Waals surface area contributed by atoms with Crippen LogP contribution >= 0.6 is 0 Å². The Morgan fingerprint density at radius 1 is 1.00 bits per heavy atom. The highest BCUT2D eigenvalue weighted by Crippen LogP contribution is 2.21. The number of allylic oxidation sites excluding steroid dienone is 1. The smallest absolute Gasteiger partial charge is 0.345 e. The molecule has 0 atom stereocenters. The molecule has 0 spiro atoms. The number of benzene rings is 1. The normalized spacial score (nSPS) is 9.83. The average Bonchev–Trinajstić information content (AvgIpc) is 2.62. The molecule has 2 aromatic rings. The van der Waals surface area contributed by atoms with E-state index in [1.165, 1.54) is 14.2 Å². The number of nitrogens with zero attached hydrogens (tertiary/aromatic N) is 2. The van der Waals surface area contributed by atoms with Gasteiger partial charge in [-0.15, -0.1) is 0 Å². The van der Waals surface area contributed by atoms with Crippen molar-refractivity contribution in [2.75, 3.05) is 14.2 Å². The lowest BCUT2D eigenvalue weighted by atomic mass is 9.99. The van der Waals surface area contributed by atoms with Gasteiger partial charge in [-0.2, -0.15) is 4.57 Å². The van der Waals surface area contributed by atoms with Crippen LogP contribution in [-0.4, -0.2) is 31.1 Å². The Morgan fingerprint density at radius 2 is 1.57 bits per heavy atom. The summed E-state index contributed by atoms with van der Waals surface area (Å²) in [4.78, 5) is 28.2. The molecule has 1 heterocycles. The van der Waals surface area contributed by atoms with E-state index in [0.29, 0.717) is 12.1 Å². The van der Waals surface area contributed by atoms with E-state index in [1.807, 2.05) is 30.3 Å². The van der Waals surface area contributed by atoms with Crippen molar-refractivity contribution in [3.63, 3.8) is 0 Å². The summed E-state index contributed by atoms with van der Waals surface area (Å²) in [5.74, 6) is -1.46. The van der Waals surface area contributed by atoms with Crippen LogP contribution < -0.4 is 4.57 Å². The monoisotopic (exact) mass is 313 g/mol. The number of rotatable bonds is 5. The lowest BCUT2D eigenvalue weighted by molar-refractivity contribution is -0.684. The van der Waals surface area contributed by atoms with Gasteiger partial charge < -0.3 is 9.47 Å². The maximum atomic E-state index is 12.1. The van der Waals surface area contributed by atoms with Crippen molar-refractivity contribution in [3.05, 3.63) is 66.3 Å². The fraction of sp³-hybridized carbons (Fsp3) is 0.176. The lowest BCUT2D eigenvalue weighted by Crippen LogP contribution is -2.35. The minimum absolute atomic E-state index is 0.120. The first kappa shape index (κ1) is 16.4. The Hall–Kier alpha value is -3.02. The fourth-order valence-electron chi connectivity index (χ4n) is 2.12. The van der Waals surface area contributed by atoms with Gasteiger partial charge in [0.1, 0.15) is 0 Å². The van der Waals surface area contributed by atoms with Crippen molar-refractivity contribution in [1.29, 1.82) is 0 Å². The maximum absolute atomic E-state index is 12.1.